The molecule has 0 aliphatic carbocycles. The second kappa shape index (κ2) is 6.33. The van der Waals surface area contributed by atoms with Crippen molar-refractivity contribution >= 4 is 27.6 Å². The lowest BCUT2D eigenvalue weighted by atomic mass is 10.3. The van der Waals surface area contributed by atoms with Gasteiger partial charge in [-0.1, -0.05) is 6.07 Å². The van der Waals surface area contributed by atoms with E-state index in [1.54, 1.807) is 16.9 Å². The molecule has 2 aromatic rings. The summed E-state index contributed by atoms with van der Waals surface area (Å²) in [5.74, 6) is -0.390. The summed E-state index contributed by atoms with van der Waals surface area (Å²) >= 11 is 3.29. The summed E-state index contributed by atoms with van der Waals surface area (Å²) in [5.41, 5.74) is 0.416. The van der Waals surface area contributed by atoms with Gasteiger partial charge in [-0.3, -0.25) is 4.68 Å². The van der Waals surface area contributed by atoms with Crippen LogP contribution in [-0.2, 0) is 6.54 Å². The fourth-order valence-electron chi connectivity index (χ4n) is 1.49. The lowest BCUT2D eigenvalue weighted by Gasteiger charge is -2.07. The molecule has 0 saturated carbocycles. The van der Waals surface area contributed by atoms with Crippen molar-refractivity contribution < 1.29 is 9.18 Å². The van der Waals surface area contributed by atoms with Crippen molar-refractivity contribution in [3.63, 3.8) is 0 Å². The Balaban J connectivity index is 1.76. The van der Waals surface area contributed by atoms with Crippen molar-refractivity contribution in [2.45, 2.75) is 6.54 Å². The summed E-state index contributed by atoms with van der Waals surface area (Å²) < 4.78 is 15.5. The van der Waals surface area contributed by atoms with E-state index in [9.17, 15) is 9.18 Å². The van der Waals surface area contributed by atoms with E-state index in [1.165, 1.54) is 18.2 Å². The lowest BCUT2D eigenvalue weighted by molar-refractivity contribution is 0.251. The maximum atomic E-state index is 12.9. The first-order chi connectivity index (χ1) is 9.13. The molecule has 1 aromatic heterocycles. The zero-order chi connectivity index (χ0) is 13.7. The Kier molecular flexibility index (Phi) is 4.51. The fraction of sp³-hybridized carbons (Fsp3) is 0.167. The smallest absolute Gasteiger partial charge is 0.319 e. The molecular formula is C12H12BrFN4O. The predicted octanol–water partition coefficient (Wildman–Crippen LogP) is 2.61. The summed E-state index contributed by atoms with van der Waals surface area (Å²) in [6.45, 7) is 0.984. The van der Waals surface area contributed by atoms with Crippen LogP contribution in [0.5, 0.6) is 0 Å². The van der Waals surface area contributed by atoms with E-state index in [2.05, 4.69) is 31.7 Å². The molecule has 5 nitrogen and oxygen atoms in total. The topological polar surface area (TPSA) is 59.0 Å². The number of amides is 2. The van der Waals surface area contributed by atoms with Crippen molar-refractivity contribution in [3.8, 4) is 0 Å². The molecule has 0 atom stereocenters. The van der Waals surface area contributed by atoms with Gasteiger partial charge < -0.3 is 10.6 Å². The third kappa shape index (κ3) is 4.36. The molecule has 2 rings (SSSR count). The van der Waals surface area contributed by atoms with Crippen LogP contribution in [0.1, 0.15) is 0 Å². The third-order valence-corrected chi connectivity index (χ3v) is 2.72. The quantitative estimate of drug-likeness (QED) is 0.907. The summed E-state index contributed by atoms with van der Waals surface area (Å²) in [7, 11) is 0. The predicted molar refractivity (Wildman–Crippen MR) is 73.3 cm³/mol. The van der Waals surface area contributed by atoms with E-state index < -0.39 is 0 Å². The summed E-state index contributed by atoms with van der Waals surface area (Å²) in [5, 5.41) is 9.26. The highest BCUT2D eigenvalue weighted by Gasteiger charge is 2.02. The standard InChI is InChI=1S/C12H12BrFN4O/c13-9-7-16-18(8-9)5-4-15-12(19)17-11-3-1-2-10(14)6-11/h1-3,6-8H,4-5H2,(H2,15,17,19). The zero-order valence-corrected chi connectivity index (χ0v) is 11.5. The van der Waals surface area contributed by atoms with E-state index in [0.717, 1.165) is 4.47 Å². The Hall–Kier alpha value is -1.89. The molecule has 0 bridgehead atoms. The highest BCUT2D eigenvalue weighted by molar-refractivity contribution is 9.10. The molecular weight excluding hydrogens is 315 g/mol. The van der Waals surface area contributed by atoms with Crippen LogP contribution >= 0.6 is 15.9 Å². The van der Waals surface area contributed by atoms with Crippen molar-refractivity contribution in [2.75, 3.05) is 11.9 Å². The number of benzene rings is 1. The number of nitrogens with one attached hydrogen (secondary N) is 2. The van der Waals surface area contributed by atoms with Gasteiger partial charge in [-0.25, -0.2) is 9.18 Å². The van der Waals surface area contributed by atoms with Crippen molar-refractivity contribution in [1.82, 2.24) is 15.1 Å². The second-order valence-electron chi connectivity index (χ2n) is 3.81. The van der Waals surface area contributed by atoms with Gasteiger partial charge in [0.15, 0.2) is 0 Å². The van der Waals surface area contributed by atoms with Gasteiger partial charge in [-0.05, 0) is 34.1 Å². The molecule has 7 heteroatoms. The number of urea groups is 1. The molecule has 0 aliphatic heterocycles. The summed E-state index contributed by atoms with van der Waals surface area (Å²) in [6, 6.07) is 5.35. The van der Waals surface area contributed by atoms with Gasteiger partial charge in [0.1, 0.15) is 5.82 Å². The molecule has 1 aromatic carbocycles. The van der Waals surface area contributed by atoms with Crippen LogP contribution in [0.2, 0.25) is 0 Å². The van der Waals surface area contributed by atoms with Crippen LogP contribution in [0.4, 0.5) is 14.9 Å². The van der Waals surface area contributed by atoms with E-state index in [0.29, 0.717) is 18.8 Å². The summed E-state index contributed by atoms with van der Waals surface area (Å²) in [6.07, 6.45) is 3.49. The number of aromatic nitrogens is 2. The summed E-state index contributed by atoms with van der Waals surface area (Å²) in [4.78, 5) is 11.5. The zero-order valence-electron chi connectivity index (χ0n) is 9.94. The lowest BCUT2D eigenvalue weighted by Crippen LogP contribution is -2.31. The average Bonchev–Trinajstić information content (AvgIpc) is 2.75. The Morgan fingerprint density at radius 3 is 3.00 bits per heavy atom. The number of anilines is 1. The van der Waals surface area contributed by atoms with Crippen LogP contribution in [-0.4, -0.2) is 22.4 Å². The Morgan fingerprint density at radius 1 is 1.47 bits per heavy atom. The minimum absolute atomic E-state index is 0.378. The number of rotatable bonds is 4. The van der Waals surface area contributed by atoms with Gasteiger partial charge in [0, 0.05) is 18.4 Å². The number of hydrogen-bond donors (Lipinski definition) is 2. The van der Waals surface area contributed by atoms with Crippen LogP contribution < -0.4 is 10.6 Å². The number of halogens is 2. The van der Waals surface area contributed by atoms with Gasteiger partial charge >= 0.3 is 6.03 Å². The van der Waals surface area contributed by atoms with E-state index in [1.807, 2.05) is 6.20 Å². The van der Waals surface area contributed by atoms with Gasteiger partial charge in [-0.15, -0.1) is 0 Å². The van der Waals surface area contributed by atoms with E-state index in [-0.39, 0.29) is 11.8 Å². The van der Waals surface area contributed by atoms with Crippen LogP contribution in [0.15, 0.2) is 41.1 Å². The highest BCUT2D eigenvalue weighted by atomic mass is 79.9. The van der Waals surface area contributed by atoms with Crippen LogP contribution in [0.25, 0.3) is 0 Å². The van der Waals surface area contributed by atoms with Gasteiger partial charge in [0.2, 0.25) is 0 Å². The molecule has 100 valence electrons. The molecule has 0 unspecified atom stereocenters. The second-order valence-corrected chi connectivity index (χ2v) is 4.73. The first kappa shape index (κ1) is 13.5. The van der Waals surface area contributed by atoms with Gasteiger partial charge in [-0.2, -0.15) is 5.10 Å². The maximum absolute atomic E-state index is 12.9. The first-order valence-electron chi connectivity index (χ1n) is 5.62. The third-order valence-electron chi connectivity index (χ3n) is 2.31. The highest BCUT2D eigenvalue weighted by Crippen LogP contribution is 2.08. The molecule has 0 radical (unpaired) electrons. The number of carbonyl (C=O) groups excluding carboxylic acids is 1. The van der Waals surface area contributed by atoms with Crippen molar-refractivity contribution in [3.05, 3.63) is 46.9 Å². The number of nitrogens with zero attached hydrogens (tertiary/aromatic N) is 2. The average molecular weight is 327 g/mol. The molecule has 1 heterocycles. The van der Waals surface area contributed by atoms with Gasteiger partial charge in [0.25, 0.3) is 0 Å². The number of carbonyl (C=O) groups is 1. The van der Waals surface area contributed by atoms with Crippen LogP contribution in [0.3, 0.4) is 0 Å². The Bertz CT molecular complexity index is 572. The largest absolute Gasteiger partial charge is 0.336 e. The molecule has 0 saturated heterocycles. The molecule has 2 amide bonds. The van der Waals surface area contributed by atoms with Crippen LogP contribution in [0, 0.1) is 5.82 Å². The molecule has 0 spiro atoms. The van der Waals surface area contributed by atoms with Crippen molar-refractivity contribution in [2.24, 2.45) is 0 Å². The normalized spacial score (nSPS) is 10.2. The molecule has 0 aliphatic rings. The fourth-order valence-corrected chi connectivity index (χ4v) is 1.81. The molecule has 0 fully saturated rings. The Morgan fingerprint density at radius 2 is 2.32 bits per heavy atom. The number of hydrogen-bond acceptors (Lipinski definition) is 2. The SMILES string of the molecule is O=C(NCCn1cc(Br)cn1)Nc1cccc(F)c1. The van der Waals surface area contributed by atoms with E-state index >= 15 is 0 Å². The minimum atomic E-state index is -0.390. The van der Waals surface area contributed by atoms with Gasteiger partial charge in [0.05, 0.1) is 17.2 Å². The van der Waals surface area contributed by atoms with Crippen molar-refractivity contribution in [1.29, 1.82) is 0 Å². The molecule has 2 N–H and O–H groups in total. The van der Waals surface area contributed by atoms with E-state index in [4.69, 9.17) is 0 Å². The molecule has 19 heavy (non-hydrogen) atoms. The first-order valence-corrected chi connectivity index (χ1v) is 6.41. The minimum Gasteiger partial charge on any atom is -0.336 e. The monoisotopic (exact) mass is 326 g/mol. The maximum Gasteiger partial charge on any atom is 0.319 e. The Labute approximate surface area is 117 Å².